The Kier molecular flexibility index (Phi) is 3.39. The average Bonchev–Trinajstić information content (AvgIpc) is 2.82. The normalized spacial score (nSPS) is 18.6. The van der Waals surface area contributed by atoms with Gasteiger partial charge in [0.1, 0.15) is 5.82 Å². The van der Waals surface area contributed by atoms with Gasteiger partial charge in [-0.25, -0.2) is 4.98 Å². The van der Waals surface area contributed by atoms with Gasteiger partial charge in [-0.3, -0.25) is 0 Å². The van der Waals surface area contributed by atoms with Crippen LogP contribution in [-0.4, -0.2) is 15.3 Å². The smallest absolute Gasteiger partial charge is 0.122 e. The molecule has 1 aromatic carbocycles. The number of nitrogens with one attached hydrogen (secondary N) is 1. The van der Waals surface area contributed by atoms with Crippen LogP contribution in [0.15, 0.2) is 41.6 Å². The summed E-state index contributed by atoms with van der Waals surface area (Å²) in [5.74, 6) is 2.28. The van der Waals surface area contributed by atoms with Crippen molar-refractivity contribution in [1.82, 2.24) is 14.9 Å². The molecule has 1 atom stereocenters. The van der Waals surface area contributed by atoms with Gasteiger partial charge in [0, 0.05) is 30.4 Å². The molecule has 18 heavy (non-hydrogen) atoms. The summed E-state index contributed by atoms with van der Waals surface area (Å²) in [6, 6.07) is 9.15. The standard InChI is InChI=1S/C14H17N3S/c1-17-8-7-15-14(17)10-16-12-6-9-18-13-5-3-2-4-11(12)13/h2-5,7-8,12,16H,6,9-10H2,1H3. The number of nitrogens with zero attached hydrogens (tertiary/aromatic N) is 2. The predicted molar refractivity (Wildman–Crippen MR) is 74.6 cm³/mol. The molecular weight excluding hydrogens is 242 g/mol. The fourth-order valence-corrected chi connectivity index (χ4v) is 3.46. The lowest BCUT2D eigenvalue weighted by molar-refractivity contribution is 0.494. The van der Waals surface area contributed by atoms with E-state index < -0.39 is 0 Å². The number of imidazole rings is 1. The van der Waals surface area contributed by atoms with Crippen molar-refractivity contribution in [2.24, 2.45) is 7.05 Å². The lowest BCUT2D eigenvalue weighted by Crippen LogP contribution is -2.25. The molecule has 1 N–H and O–H groups in total. The van der Waals surface area contributed by atoms with E-state index in [4.69, 9.17) is 0 Å². The zero-order valence-corrected chi connectivity index (χ0v) is 11.3. The Morgan fingerprint density at radius 3 is 3.17 bits per heavy atom. The Morgan fingerprint density at radius 2 is 2.33 bits per heavy atom. The van der Waals surface area contributed by atoms with Crippen LogP contribution >= 0.6 is 11.8 Å². The number of aromatic nitrogens is 2. The fraction of sp³-hybridized carbons (Fsp3) is 0.357. The second kappa shape index (κ2) is 5.16. The first-order chi connectivity index (χ1) is 8.84. The quantitative estimate of drug-likeness (QED) is 0.919. The maximum Gasteiger partial charge on any atom is 0.122 e. The monoisotopic (exact) mass is 259 g/mol. The SMILES string of the molecule is Cn1ccnc1CNC1CCSc2ccccc21. The number of rotatable bonds is 3. The molecule has 1 aliphatic rings. The van der Waals surface area contributed by atoms with Gasteiger partial charge >= 0.3 is 0 Å². The van der Waals surface area contributed by atoms with Crippen molar-refractivity contribution in [2.45, 2.75) is 23.9 Å². The topological polar surface area (TPSA) is 29.9 Å². The number of thioether (sulfide) groups is 1. The number of fused-ring (bicyclic) bond motifs is 1. The molecule has 3 rings (SSSR count). The van der Waals surface area contributed by atoms with E-state index >= 15 is 0 Å². The van der Waals surface area contributed by atoms with Gasteiger partial charge in [0.2, 0.25) is 0 Å². The molecule has 2 aromatic rings. The van der Waals surface area contributed by atoms with Gasteiger partial charge in [0.25, 0.3) is 0 Å². The Morgan fingerprint density at radius 1 is 1.44 bits per heavy atom. The van der Waals surface area contributed by atoms with E-state index in [0.717, 1.165) is 12.4 Å². The van der Waals surface area contributed by atoms with Gasteiger partial charge in [-0.15, -0.1) is 11.8 Å². The average molecular weight is 259 g/mol. The first-order valence-corrected chi connectivity index (χ1v) is 7.24. The number of hydrogen-bond acceptors (Lipinski definition) is 3. The van der Waals surface area contributed by atoms with Gasteiger partial charge in [-0.1, -0.05) is 18.2 Å². The largest absolute Gasteiger partial charge is 0.337 e. The maximum absolute atomic E-state index is 4.35. The van der Waals surface area contributed by atoms with Gasteiger partial charge in [0.15, 0.2) is 0 Å². The van der Waals surface area contributed by atoms with Crippen LogP contribution in [-0.2, 0) is 13.6 Å². The maximum atomic E-state index is 4.35. The van der Waals surface area contributed by atoms with Crippen LogP contribution in [0, 0.1) is 0 Å². The van der Waals surface area contributed by atoms with Crippen LogP contribution in [0.25, 0.3) is 0 Å². The molecule has 0 bridgehead atoms. The molecule has 0 spiro atoms. The van der Waals surface area contributed by atoms with Crippen molar-refractivity contribution >= 4 is 11.8 Å². The van der Waals surface area contributed by atoms with Crippen LogP contribution in [0.4, 0.5) is 0 Å². The highest BCUT2D eigenvalue weighted by atomic mass is 32.2. The summed E-state index contributed by atoms with van der Waals surface area (Å²) in [5.41, 5.74) is 1.43. The van der Waals surface area contributed by atoms with Crippen molar-refractivity contribution in [1.29, 1.82) is 0 Å². The lowest BCUT2D eigenvalue weighted by atomic mass is 10.0. The van der Waals surface area contributed by atoms with E-state index in [0.29, 0.717) is 6.04 Å². The summed E-state index contributed by atoms with van der Waals surface area (Å²) < 4.78 is 2.07. The molecule has 0 fully saturated rings. The summed E-state index contributed by atoms with van der Waals surface area (Å²) in [6.45, 7) is 0.827. The third kappa shape index (κ3) is 2.31. The van der Waals surface area contributed by atoms with Crippen LogP contribution in [0.1, 0.15) is 23.9 Å². The molecule has 0 aliphatic carbocycles. The van der Waals surface area contributed by atoms with Crippen LogP contribution in [0.3, 0.4) is 0 Å². The Labute approximate surface area is 112 Å². The highest BCUT2D eigenvalue weighted by Gasteiger charge is 2.19. The van der Waals surface area contributed by atoms with E-state index in [1.807, 2.05) is 31.2 Å². The van der Waals surface area contributed by atoms with Crippen molar-refractivity contribution in [3.63, 3.8) is 0 Å². The van der Waals surface area contributed by atoms with Gasteiger partial charge < -0.3 is 9.88 Å². The van der Waals surface area contributed by atoms with Crippen molar-refractivity contribution in [3.05, 3.63) is 48.0 Å². The molecule has 0 radical (unpaired) electrons. The van der Waals surface area contributed by atoms with Gasteiger partial charge in [-0.2, -0.15) is 0 Å². The molecule has 4 heteroatoms. The van der Waals surface area contributed by atoms with Gasteiger partial charge in [0.05, 0.1) is 6.54 Å². The summed E-state index contributed by atoms with van der Waals surface area (Å²) in [5, 5.41) is 3.62. The second-order valence-electron chi connectivity index (χ2n) is 4.56. The molecule has 3 nitrogen and oxygen atoms in total. The van der Waals surface area contributed by atoms with Gasteiger partial charge in [-0.05, 0) is 23.8 Å². The Balaban J connectivity index is 1.73. The molecule has 1 aromatic heterocycles. The zero-order chi connectivity index (χ0) is 12.4. The van der Waals surface area contributed by atoms with Crippen molar-refractivity contribution in [2.75, 3.05) is 5.75 Å². The molecule has 0 amide bonds. The van der Waals surface area contributed by atoms with Crippen molar-refractivity contribution < 1.29 is 0 Å². The minimum atomic E-state index is 0.458. The summed E-state index contributed by atoms with van der Waals surface area (Å²) >= 11 is 1.96. The summed E-state index contributed by atoms with van der Waals surface area (Å²) in [7, 11) is 2.04. The van der Waals surface area contributed by atoms with E-state index in [9.17, 15) is 0 Å². The first kappa shape index (κ1) is 11.8. The minimum Gasteiger partial charge on any atom is -0.337 e. The molecule has 1 unspecified atom stereocenters. The molecule has 1 aliphatic heterocycles. The van der Waals surface area contributed by atoms with E-state index in [2.05, 4.69) is 39.1 Å². The zero-order valence-electron chi connectivity index (χ0n) is 10.5. The highest BCUT2D eigenvalue weighted by molar-refractivity contribution is 7.99. The third-order valence-corrected chi connectivity index (χ3v) is 4.51. The van der Waals surface area contributed by atoms with Crippen molar-refractivity contribution in [3.8, 4) is 0 Å². The number of aryl methyl sites for hydroxylation is 1. The predicted octanol–water partition coefficient (Wildman–Crippen LogP) is 2.75. The Bertz CT molecular complexity index is 535. The highest BCUT2D eigenvalue weighted by Crippen LogP contribution is 2.35. The van der Waals surface area contributed by atoms with E-state index in [1.54, 1.807) is 0 Å². The minimum absolute atomic E-state index is 0.458. The van der Waals surface area contributed by atoms with Crippen LogP contribution in [0.5, 0.6) is 0 Å². The number of hydrogen-bond donors (Lipinski definition) is 1. The molecule has 2 heterocycles. The molecule has 0 saturated heterocycles. The fourth-order valence-electron chi connectivity index (χ4n) is 2.34. The molecule has 94 valence electrons. The molecular formula is C14H17N3S. The summed E-state index contributed by atoms with van der Waals surface area (Å²) in [6.07, 6.45) is 5.02. The van der Waals surface area contributed by atoms with Crippen LogP contribution < -0.4 is 5.32 Å². The first-order valence-electron chi connectivity index (χ1n) is 6.26. The third-order valence-electron chi connectivity index (χ3n) is 3.39. The van der Waals surface area contributed by atoms with E-state index in [-0.39, 0.29) is 0 Å². The lowest BCUT2D eigenvalue weighted by Gasteiger charge is -2.25. The Hall–Kier alpha value is -1.26. The molecule has 0 saturated carbocycles. The van der Waals surface area contributed by atoms with Crippen LogP contribution in [0.2, 0.25) is 0 Å². The second-order valence-corrected chi connectivity index (χ2v) is 5.70. The summed E-state index contributed by atoms with van der Waals surface area (Å²) in [4.78, 5) is 5.77. The number of benzene rings is 1. The van der Waals surface area contributed by atoms with E-state index in [1.165, 1.54) is 22.6 Å².